The van der Waals surface area contributed by atoms with Crippen LogP contribution < -0.4 is 10.6 Å². The third kappa shape index (κ3) is 6.44. The first kappa shape index (κ1) is 19.8. The number of benzene rings is 1. The molecular weight excluding hydrogens is 341 g/mol. The lowest BCUT2D eigenvalue weighted by Crippen LogP contribution is -2.45. The van der Waals surface area contributed by atoms with Gasteiger partial charge in [0.05, 0.1) is 25.6 Å². The van der Waals surface area contributed by atoms with Crippen LogP contribution in [0.3, 0.4) is 0 Å². The Morgan fingerprint density at radius 2 is 1.96 bits per heavy atom. The summed E-state index contributed by atoms with van der Waals surface area (Å²) in [6.07, 6.45) is 1.58. The highest BCUT2D eigenvalue weighted by molar-refractivity contribution is 5.94. The Kier molecular flexibility index (Phi) is 7.53. The van der Waals surface area contributed by atoms with E-state index in [9.17, 15) is 18.8 Å². The third-order valence-electron chi connectivity index (χ3n) is 4.07. The summed E-state index contributed by atoms with van der Waals surface area (Å²) in [5.41, 5.74) is 0.457. The maximum absolute atomic E-state index is 12.8. The number of amides is 2. The van der Waals surface area contributed by atoms with Crippen molar-refractivity contribution in [2.75, 3.05) is 38.1 Å². The maximum atomic E-state index is 12.8. The van der Waals surface area contributed by atoms with Crippen molar-refractivity contribution in [3.63, 3.8) is 0 Å². The van der Waals surface area contributed by atoms with Crippen LogP contribution in [0.2, 0.25) is 0 Å². The van der Waals surface area contributed by atoms with Gasteiger partial charge in [-0.1, -0.05) is 0 Å². The first-order valence-electron chi connectivity index (χ1n) is 8.69. The van der Waals surface area contributed by atoms with Crippen molar-refractivity contribution < 1.29 is 23.5 Å². The normalized spacial score (nSPS) is 17.4. The molecule has 1 aromatic carbocycles. The number of likely N-dealkylation sites (tertiary alicyclic amines) is 1. The van der Waals surface area contributed by atoms with Gasteiger partial charge >= 0.3 is 5.97 Å². The number of nitrogens with one attached hydrogen (secondary N) is 2. The Labute approximate surface area is 151 Å². The summed E-state index contributed by atoms with van der Waals surface area (Å²) in [6.45, 7) is 3.27. The molecule has 1 saturated heterocycles. The maximum Gasteiger partial charge on any atom is 0.310 e. The Morgan fingerprint density at radius 1 is 1.23 bits per heavy atom. The van der Waals surface area contributed by atoms with Gasteiger partial charge in [-0.3, -0.25) is 19.3 Å². The Bertz CT molecular complexity index is 636. The van der Waals surface area contributed by atoms with Crippen molar-refractivity contribution in [3.8, 4) is 0 Å². The monoisotopic (exact) mass is 365 g/mol. The number of hydrogen-bond donors (Lipinski definition) is 2. The predicted octanol–water partition coefficient (Wildman–Crippen LogP) is 1.16. The molecule has 2 amide bonds. The van der Waals surface area contributed by atoms with Crippen molar-refractivity contribution >= 4 is 23.5 Å². The van der Waals surface area contributed by atoms with Crippen molar-refractivity contribution in [2.45, 2.75) is 19.8 Å². The number of hydrogen-bond acceptors (Lipinski definition) is 5. The average Bonchev–Trinajstić information content (AvgIpc) is 2.62. The van der Waals surface area contributed by atoms with Crippen LogP contribution in [0.1, 0.15) is 19.8 Å². The molecule has 0 radical (unpaired) electrons. The van der Waals surface area contributed by atoms with Crippen LogP contribution in [0.15, 0.2) is 24.3 Å². The van der Waals surface area contributed by atoms with Crippen molar-refractivity contribution in [1.29, 1.82) is 0 Å². The van der Waals surface area contributed by atoms with Crippen molar-refractivity contribution in [1.82, 2.24) is 10.2 Å². The molecule has 0 bridgehead atoms. The topological polar surface area (TPSA) is 87.7 Å². The minimum Gasteiger partial charge on any atom is -0.466 e. The zero-order valence-electron chi connectivity index (χ0n) is 14.8. The minimum absolute atomic E-state index is 0.125. The highest BCUT2D eigenvalue weighted by Gasteiger charge is 2.27. The summed E-state index contributed by atoms with van der Waals surface area (Å²) >= 11 is 0. The first-order chi connectivity index (χ1) is 12.5. The molecule has 0 spiro atoms. The smallest absolute Gasteiger partial charge is 0.310 e. The second-order valence-corrected chi connectivity index (χ2v) is 6.16. The molecule has 142 valence electrons. The molecule has 1 aliphatic heterocycles. The van der Waals surface area contributed by atoms with E-state index in [0.29, 0.717) is 18.8 Å². The van der Waals surface area contributed by atoms with Crippen LogP contribution in [0.25, 0.3) is 0 Å². The molecule has 1 aliphatic rings. The highest BCUT2D eigenvalue weighted by atomic mass is 19.1. The fourth-order valence-corrected chi connectivity index (χ4v) is 2.83. The van der Waals surface area contributed by atoms with Crippen LogP contribution in [0, 0.1) is 11.7 Å². The zero-order valence-corrected chi connectivity index (χ0v) is 14.8. The van der Waals surface area contributed by atoms with E-state index >= 15 is 0 Å². The number of piperidine rings is 1. The number of anilines is 1. The standard InChI is InChI=1S/C18H24FN3O4/c1-2-26-18(25)13-4-3-9-22(11-13)12-17(24)20-10-16(23)21-15-7-5-14(19)6-8-15/h5-8,13H,2-4,9-12H2,1H3,(H,20,24)(H,21,23)/t13-/m0/s1. The summed E-state index contributed by atoms with van der Waals surface area (Å²) in [6, 6.07) is 5.37. The molecule has 1 heterocycles. The number of carbonyl (C=O) groups excluding carboxylic acids is 3. The molecule has 26 heavy (non-hydrogen) atoms. The second-order valence-electron chi connectivity index (χ2n) is 6.16. The fourth-order valence-electron chi connectivity index (χ4n) is 2.83. The van der Waals surface area contributed by atoms with Gasteiger partial charge < -0.3 is 15.4 Å². The number of nitrogens with zero attached hydrogens (tertiary/aromatic N) is 1. The molecule has 0 aliphatic carbocycles. The molecule has 8 heteroatoms. The number of ether oxygens (including phenoxy) is 1. The van der Waals surface area contributed by atoms with Crippen LogP contribution >= 0.6 is 0 Å². The predicted molar refractivity (Wildman–Crippen MR) is 93.8 cm³/mol. The van der Waals surface area contributed by atoms with E-state index in [-0.39, 0.29) is 36.7 Å². The van der Waals surface area contributed by atoms with E-state index < -0.39 is 5.91 Å². The minimum atomic E-state index is -0.395. The van der Waals surface area contributed by atoms with Crippen LogP contribution in [-0.2, 0) is 19.1 Å². The van der Waals surface area contributed by atoms with Gasteiger partial charge in [-0.05, 0) is 50.6 Å². The Hall–Kier alpha value is -2.48. The summed E-state index contributed by atoms with van der Waals surface area (Å²) in [5.74, 6) is -1.51. The molecule has 7 nitrogen and oxygen atoms in total. The SMILES string of the molecule is CCOC(=O)[C@H]1CCCN(CC(=O)NCC(=O)Nc2ccc(F)cc2)C1. The summed E-state index contributed by atoms with van der Waals surface area (Å²) in [4.78, 5) is 37.5. The molecule has 1 atom stereocenters. The lowest BCUT2D eigenvalue weighted by molar-refractivity contribution is -0.150. The average molecular weight is 365 g/mol. The Balaban J connectivity index is 1.71. The van der Waals surface area contributed by atoms with Gasteiger partial charge in [0.25, 0.3) is 0 Å². The molecule has 0 unspecified atom stereocenters. The zero-order chi connectivity index (χ0) is 18.9. The Morgan fingerprint density at radius 3 is 2.65 bits per heavy atom. The van der Waals surface area contributed by atoms with E-state index in [0.717, 1.165) is 19.4 Å². The summed E-state index contributed by atoms with van der Waals surface area (Å²) in [5, 5.41) is 5.12. The fraction of sp³-hybridized carbons (Fsp3) is 0.500. The van der Waals surface area contributed by atoms with Crippen LogP contribution in [0.4, 0.5) is 10.1 Å². The molecule has 2 rings (SSSR count). The molecule has 1 aromatic rings. The number of rotatable bonds is 7. The van der Waals surface area contributed by atoms with Crippen LogP contribution in [-0.4, -0.2) is 55.5 Å². The number of halogens is 1. The number of esters is 1. The van der Waals surface area contributed by atoms with E-state index in [4.69, 9.17) is 4.74 Å². The quantitative estimate of drug-likeness (QED) is 0.708. The lowest BCUT2D eigenvalue weighted by Gasteiger charge is -2.30. The van der Waals surface area contributed by atoms with Gasteiger partial charge in [-0.25, -0.2) is 4.39 Å². The van der Waals surface area contributed by atoms with Gasteiger partial charge in [0.2, 0.25) is 11.8 Å². The molecule has 2 N–H and O–H groups in total. The van der Waals surface area contributed by atoms with Gasteiger partial charge in [0, 0.05) is 12.2 Å². The first-order valence-corrected chi connectivity index (χ1v) is 8.69. The van der Waals surface area contributed by atoms with Gasteiger partial charge in [-0.15, -0.1) is 0 Å². The highest BCUT2D eigenvalue weighted by Crippen LogP contribution is 2.17. The lowest BCUT2D eigenvalue weighted by atomic mass is 9.98. The summed E-state index contributed by atoms with van der Waals surface area (Å²) < 4.78 is 17.9. The molecule has 0 saturated carbocycles. The van der Waals surface area contributed by atoms with Crippen molar-refractivity contribution in [2.24, 2.45) is 5.92 Å². The van der Waals surface area contributed by atoms with E-state index in [1.807, 2.05) is 4.90 Å². The third-order valence-corrected chi connectivity index (χ3v) is 4.07. The van der Waals surface area contributed by atoms with Gasteiger partial charge in [0.1, 0.15) is 5.82 Å². The van der Waals surface area contributed by atoms with Crippen molar-refractivity contribution in [3.05, 3.63) is 30.1 Å². The van der Waals surface area contributed by atoms with Gasteiger partial charge in [0.15, 0.2) is 0 Å². The molecule has 0 aromatic heterocycles. The summed E-state index contributed by atoms with van der Waals surface area (Å²) in [7, 11) is 0. The second kappa shape index (κ2) is 9.86. The number of carbonyl (C=O) groups is 3. The van der Waals surface area contributed by atoms with Gasteiger partial charge in [-0.2, -0.15) is 0 Å². The van der Waals surface area contributed by atoms with E-state index in [1.54, 1.807) is 6.92 Å². The molecular formula is C18H24FN3O4. The molecule has 1 fully saturated rings. The largest absolute Gasteiger partial charge is 0.466 e. The van der Waals surface area contributed by atoms with E-state index in [1.165, 1.54) is 24.3 Å². The van der Waals surface area contributed by atoms with Crippen LogP contribution in [0.5, 0.6) is 0 Å². The van der Waals surface area contributed by atoms with E-state index in [2.05, 4.69) is 10.6 Å².